The highest BCUT2D eigenvalue weighted by atomic mass is 32.1. The number of rotatable bonds is 8. The van der Waals surface area contributed by atoms with E-state index in [1.165, 1.54) is 16.9 Å². The number of aryl methyl sites for hydroxylation is 1. The quantitative estimate of drug-likeness (QED) is 0.249. The third kappa shape index (κ3) is 4.50. The predicted octanol–water partition coefficient (Wildman–Crippen LogP) is 6.40. The van der Waals surface area contributed by atoms with Crippen LogP contribution in [0, 0.1) is 0 Å². The van der Waals surface area contributed by atoms with E-state index in [1.54, 1.807) is 21.8 Å². The summed E-state index contributed by atoms with van der Waals surface area (Å²) < 4.78 is 7.28. The summed E-state index contributed by atoms with van der Waals surface area (Å²) in [5.41, 5.74) is 2.37. The number of fused-ring (bicyclic) bond motifs is 1. The number of thiophene rings is 1. The Hall–Kier alpha value is -3.97. The summed E-state index contributed by atoms with van der Waals surface area (Å²) in [5, 5.41) is 2.43. The number of nitrogens with zero attached hydrogens (tertiary/aromatic N) is 3. The lowest BCUT2D eigenvalue weighted by atomic mass is 10.1. The van der Waals surface area contributed by atoms with Crippen molar-refractivity contribution in [1.82, 2.24) is 14.5 Å². The first-order valence-electron chi connectivity index (χ1n) is 12.1. The van der Waals surface area contributed by atoms with Crippen LogP contribution in [0.15, 0.2) is 93.7 Å². The van der Waals surface area contributed by atoms with Crippen LogP contribution in [0.5, 0.6) is 0 Å². The number of aromatic nitrogens is 2. The average molecular weight is 498 g/mol. The zero-order chi connectivity index (χ0) is 25.1. The van der Waals surface area contributed by atoms with Gasteiger partial charge in [0, 0.05) is 0 Å². The molecule has 0 N–H and O–H groups in total. The molecule has 36 heavy (non-hydrogen) atoms. The molecule has 0 fully saturated rings. The van der Waals surface area contributed by atoms with Gasteiger partial charge in [-0.2, -0.15) is 0 Å². The maximum Gasteiger partial charge on any atom is 0.266 e. The van der Waals surface area contributed by atoms with Gasteiger partial charge in [-0.3, -0.25) is 14.2 Å². The van der Waals surface area contributed by atoms with Crippen molar-refractivity contribution in [2.75, 3.05) is 0 Å². The van der Waals surface area contributed by atoms with Crippen LogP contribution in [0.25, 0.3) is 16.6 Å². The Balaban J connectivity index is 1.72. The molecule has 7 heteroatoms. The molecule has 2 aromatic carbocycles. The minimum absolute atomic E-state index is 0.122. The predicted molar refractivity (Wildman–Crippen MR) is 143 cm³/mol. The molecule has 0 bridgehead atoms. The molecular formula is C29H27N3O3S. The van der Waals surface area contributed by atoms with Crippen molar-refractivity contribution in [2.45, 2.75) is 39.3 Å². The molecule has 3 aromatic heterocycles. The van der Waals surface area contributed by atoms with Crippen LogP contribution in [-0.2, 0) is 13.0 Å². The molecule has 1 atom stereocenters. The van der Waals surface area contributed by atoms with E-state index in [1.807, 2.05) is 79.0 Å². The molecule has 0 spiro atoms. The van der Waals surface area contributed by atoms with Crippen LogP contribution < -0.4 is 5.56 Å². The van der Waals surface area contributed by atoms with E-state index in [-0.39, 0.29) is 18.0 Å². The second-order valence-electron chi connectivity index (χ2n) is 8.56. The smallest absolute Gasteiger partial charge is 0.266 e. The van der Waals surface area contributed by atoms with Gasteiger partial charge in [-0.05, 0) is 66.2 Å². The van der Waals surface area contributed by atoms with Crippen molar-refractivity contribution < 1.29 is 9.21 Å². The van der Waals surface area contributed by atoms with E-state index in [2.05, 4.69) is 6.92 Å². The molecule has 5 rings (SSSR count). The molecule has 3 heterocycles. The van der Waals surface area contributed by atoms with E-state index < -0.39 is 6.04 Å². The summed E-state index contributed by atoms with van der Waals surface area (Å²) in [7, 11) is 0. The van der Waals surface area contributed by atoms with Crippen molar-refractivity contribution in [3.63, 3.8) is 0 Å². The van der Waals surface area contributed by atoms with Crippen molar-refractivity contribution in [2.24, 2.45) is 0 Å². The van der Waals surface area contributed by atoms with Gasteiger partial charge < -0.3 is 9.32 Å². The Labute approximate surface area is 213 Å². The van der Waals surface area contributed by atoms with Crippen LogP contribution in [-0.4, -0.2) is 20.4 Å². The van der Waals surface area contributed by atoms with E-state index in [0.717, 1.165) is 12.1 Å². The molecular weight excluding hydrogens is 470 g/mol. The number of carbonyl (C=O) groups excluding carboxylic acids is 1. The second kappa shape index (κ2) is 10.3. The van der Waals surface area contributed by atoms with Gasteiger partial charge in [-0.25, -0.2) is 4.98 Å². The van der Waals surface area contributed by atoms with Crippen LogP contribution in [0.1, 0.15) is 53.1 Å². The number of para-hydroxylation sites is 1. The van der Waals surface area contributed by atoms with E-state index in [9.17, 15) is 9.59 Å². The minimum Gasteiger partial charge on any atom is -0.467 e. The maximum absolute atomic E-state index is 13.9. The average Bonchev–Trinajstić information content (AvgIpc) is 3.63. The standard InChI is InChI=1S/C29H27N3O3S/c1-3-20-13-15-21(16-14-20)32-27(30-24-11-6-5-10-23(24)28(32)33)25(4-2)31(19-22-9-7-17-35-22)29(34)26-12-8-18-36-26/h5-18,25H,3-4,19H2,1-2H3. The van der Waals surface area contributed by atoms with Gasteiger partial charge >= 0.3 is 0 Å². The Morgan fingerprint density at radius 1 is 1.03 bits per heavy atom. The number of amides is 1. The number of hydrogen-bond donors (Lipinski definition) is 0. The molecule has 0 aliphatic rings. The number of carbonyl (C=O) groups is 1. The first-order valence-corrected chi connectivity index (χ1v) is 13.0. The monoisotopic (exact) mass is 497 g/mol. The summed E-state index contributed by atoms with van der Waals surface area (Å²) in [4.78, 5) is 35.0. The molecule has 0 aliphatic carbocycles. The molecule has 6 nitrogen and oxygen atoms in total. The Morgan fingerprint density at radius 2 is 1.83 bits per heavy atom. The van der Waals surface area contributed by atoms with Crippen molar-refractivity contribution in [3.8, 4) is 5.69 Å². The van der Waals surface area contributed by atoms with Crippen molar-refractivity contribution in [3.05, 3.63) is 117 Å². The van der Waals surface area contributed by atoms with E-state index in [0.29, 0.717) is 33.8 Å². The lowest BCUT2D eigenvalue weighted by Gasteiger charge is -2.31. The fraction of sp³-hybridized carbons (Fsp3) is 0.207. The van der Waals surface area contributed by atoms with Gasteiger partial charge in [0.2, 0.25) is 0 Å². The fourth-order valence-electron chi connectivity index (χ4n) is 4.48. The molecule has 0 radical (unpaired) electrons. The first-order chi connectivity index (χ1) is 17.6. The van der Waals surface area contributed by atoms with Gasteiger partial charge in [0.05, 0.1) is 40.3 Å². The molecule has 0 aliphatic heterocycles. The normalized spacial score (nSPS) is 12.1. The number of benzene rings is 2. The first kappa shape index (κ1) is 23.8. The number of hydrogen-bond acceptors (Lipinski definition) is 5. The van der Waals surface area contributed by atoms with Gasteiger partial charge in [0.1, 0.15) is 11.6 Å². The molecule has 5 aromatic rings. The van der Waals surface area contributed by atoms with Crippen LogP contribution in [0.3, 0.4) is 0 Å². The van der Waals surface area contributed by atoms with Gasteiger partial charge in [-0.15, -0.1) is 11.3 Å². The minimum atomic E-state index is -0.465. The lowest BCUT2D eigenvalue weighted by Crippen LogP contribution is -2.38. The van der Waals surface area contributed by atoms with Gasteiger partial charge in [0.25, 0.3) is 11.5 Å². The highest BCUT2D eigenvalue weighted by Gasteiger charge is 2.31. The van der Waals surface area contributed by atoms with Crippen LogP contribution in [0.4, 0.5) is 0 Å². The van der Waals surface area contributed by atoms with Gasteiger partial charge in [0.15, 0.2) is 0 Å². The highest BCUT2D eigenvalue weighted by Crippen LogP contribution is 2.30. The highest BCUT2D eigenvalue weighted by molar-refractivity contribution is 7.12. The van der Waals surface area contributed by atoms with Crippen LogP contribution in [0.2, 0.25) is 0 Å². The summed E-state index contributed by atoms with van der Waals surface area (Å²) >= 11 is 1.39. The lowest BCUT2D eigenvalue weighted by molar-refractivity contribution is 0.0629. The third-order valence-electron chi connectivity index (χ3n) is 6.36. The van der Waals surface area contributed by atoms with Gasteiger partial charge in [-0.1, -0.05) is 44.2 Å². The Morgan fingerprint density at radius 3 is 2.50 bits per heavy atom. The Kier molecular flexibility index (Phi) is 6.82. The largest absolute Gasteiger partial charge is 0.467 e. The zero-order valence-corrected chi connectivity index (χ0v) is 21.1. The maximum atomic E-state index is 13.9. The third-order valence-corrected chi connectivity index (χ3v) is 7.22. The molecule has 0 saturated heterocycles. The van der Waals surface area contributed by atoms with Crippen molar-refractivity contribution in [1.29, 1.82) is 0 Å². The zero-order valence-electron chi connectivity index (χ0n) is 20.3. The molecule has 182 valence electrons. The summed E-state index contributed by atoms with van der Waals surface area (Å²) in [5.74, 6) is 1.07. The summed E-state index contributed by atoms with van der Waals surface area (Å²) in [6, 6.07) is 22.2. The Bertz CT molecular complexity index is 1520. The molecule has 0 saturated carbocycles. The topological polar surface area (TPSA) is 68.3 Å². The fourth-order valence-corrected chi connectivity index (χ4v) is 5.16. The van der Waals surface area contributed by atoms with E-state index in [4.69, 9.17) is 9.40 Å². The van der Waals surface area contributed by atoms with E-state index >= 15 is 0 Å². The summed E-state index contributed by atoms with van der Waals surface area (Å²) in [6.45, 7) is 4.37. The number of furan rings is 1. The van der Waals surface area contributed by atoms with Crippen molar-refractivity contribution >= 4 is 28.1 Å². The molecule has 1 unspecified atom stereocenters. The van der Waals surface area contributed by atoms with Crippen LogP contribution >= 0.6 is 11.3 Å². The summed E-state index contributed by atoms with van der Waals surface area (Å²) in [6.07, 6.45) is 3.07. The SMILES string of the molecule is CCc1ccc(-n2c(C(CC)N(Cc3ccco3)C(=O)c3cccs3)nc3ccccc3c2=O)cc1. The second-order valence-corrected chi connectivity index (χ2v) is 9.51. The molecule has 1 amide bonds.